The summed E-state index contributed by atoms with van der Waals surface area (Å²) in [5.74, 6) is -0.386. The normalized spacial score (nSPS) is 10.3. The number of nitrogens with zero attached hydrogens (tertiary/aromatic N) is 1. The van der Waals surface area contributed by atoms with Crippen molar-refractivity contribution in [1.82, 2.24) is 5.32 Å². The lowest BCUT2D eigenvalue weighted by molar-refractivity contribution is -0.114. The molecule has 0 saturated carbocycles. The molecular formula is C27H42N4O3. The van der Waals surface area contributed by atoms with Gasteiger partial charge in [0.05, 0.1) is 11.4 Å². The number of amides is 1. The number of aliphatic hydroxyl groups excluding tert-OH is 1. The first-order chi connectivity index (χ1) is 16.4. The van der Waals surface area contributed by atoms with Gasteiger partial charge in [0.1, 0.15) is 5.75 Å². The number of hydrazone groups is 1. The highest BCUT2D eigenvalue weighted by Crippen LogP contribution is 2.28. The van der Waals surface area contributed by atoms with E-state index in [1.807, 2.05) is 52.0 Å². The number of phenols is 1. The first-order valence-corrected chi connectivity index (χ1v) is 12.1. The van der Waals surface area contributed by atoms with Crippen molar-refractivity contribution in [2.45, 2.75) is 67.2 Å². The lowest BCUT2D eigenvalue weighted by Gasteiger charge is -2.12. The number of anilines is 1. The van der Waals surface area contributed by atoms with Gasteiger partial charge in [-0.3, -0.25) is 10.2 Å². The fourth-order valence-corrected chi connectivity index (χ4v) is 2.99. The molecule has 0 aliphatic heterocycles. The van der Waals surface area contributed by atoms with E-state index in [9.17, 15) is 9.90 Å². The Morgan fingerprint density at radius 1 is 0.971 bits per heavy atom. The van der Waals surface area contributed by atoms with Crippen LogP contribution in [0, 0.1) is 12.3 Å². The summed E-state index contributed by atoms with van der Waals surface area (Å²) in [6.45, 7) is 12.0. The molecule has 0 saturated heterocycles. The molecule has 7 heteroatoms. The van der Waals surface area contributed by atoms with Crippen LogP contribution in [-0.2, 0) is 17.6 Å². The largest absolute Gasteiger partial charge is 0.505 e. The van der Waals surface area contributed by atoms with E-state index in [1.54, 1.807) is 6.07 Å². The summed E-state index contributed by atoms with van der Waals surface area (Å²) in [7, 11) is 0. The number of carbonyl (C=O) groups is 1. The predicted molar refractivity (Wildman–Crippen MR) is 143 cm³/mol. The van der Waals surface area contributed by atoms with Gasteiger partial charge in [-0.25, -0.2) is 0 Å². The van der Waals surface area contributed by atoms with Gasteiger partial charge in [0, 0.05) is 13.2 Å². The average molecular weight is 471 g/mol. The van der Waals surface area contributed by atoms with Gasteiger partial charge >= 0.3 is 0 Å². The highest BCUT2D eigenvalue weighted by molar-refractivity contribution is 6.66. The van der Waals surface area contributed by atoms with Crippen LogP contribution in [0.3, 0.4) is 0 Å². The van der Waals surface area contributed by atoms with E-state index < -0.39 is 5.91 Å². The number of nitrogens with one attached hydrogen (secondary N) is 3. The number of aryl methyl sites for hydroxylation is 3. The Kier molecular flexibility index (Phi) is 16.5. The minimum atomic E-state index is -0.469. The number of aliphatic hydroxyl groups is 1. The van der Waals surface area contributed by atoms with Crippen molar-refractivity contribution < 1.29 is 15.0 Å². The van der Waals surface area contributed by atoms with Crippen molar-refractivity contribution in [2.24, 2.45) is 5.10 Å². The molecule has 0 aliphatic carbocycles. The van der Waals surface area contributed by atoms with Crippen molar-refractivity contribution in [2.75, 3.05) is 18.6 Å². The fraction of sp³-hybridized carbons (Fsp3) is 0.444. The molecule has 5 N–H and O–H groups in total. The minimum absolute atomic E-state index is 0.0114. The molecule has 0 spiro atoms. The third kappa shape index (κ3) is 10.6. The number of carbonyl (C=O) groups excluding carboxylic acids is 1. The maximum atomic E-state index is 12.3. The SMILES string of the molecule is CC.CC.CC(=N)/C(=N/Nc1cccc(CCc2ccccc2C)c1O)C(=O)NCCCCO. The third-order valence-electron chi connectivity index (χ3n) is 4.77. The van der Waals surface area contributed by atoms with Crippen LogP contribution >= 0.6 is 0 Å². The Morgan fingerprint density at radius 2 is 1.59 bits per heavy atom. The molecule has 0 atom stereocenters. The van der Waals surface area contributed by atoms with E-state index in [4.69, 9.17) is 10.5 Å². The van der Waals surface area contributed by atoms with Gasteiger partial charge in [0.15, 0.2) is 5.71 Å². The summed E-state index contributed by atoms with van der Waals surface area (Å²) in [6, 6.07) is 13.5. The molecule has 1 amide bonds. The summed E-state index contributed by atoms with van der Waals surface area (Å²) < 4.78 is 0. The number of phenolic OH excluding ortho intramolecular Hbond substituents is 1. The van der Waals surface area contributed by atoms with E-state index in [-0.39, 0.29) is 23.8 Å². The molecule has 2 aromatic carbocycles. The van der Waals surface area contributed by atoms with Crippen LogP contribution in [0.4, 0.5) is 5.69 Å². The van der Waals surface area contributed by atoms with Crippen LogP contribution < -0.4 is 10.7 Å². The van der Waals surface area contributed by atoms with Gasteiger partial charge in [-0.2, -0.15) is 5.10 Å². The molecule has 0 radical (unpaired) electrons. The lowest BCUT2D eigenvalue weighted by Crippen LogP contribution is -2.36. The monoisotopic (exact) mass is 470 g/mol. The molecule has 0 fully saturated rings. The molecule has 0 aliphatic rings. The second-order valence-corrected chi connectivity index (χ2v) is 7.12. The number of para-hydroxylation sites is 1. The summed E-state index contributed by atoms with van der Waals surface area (Å²) in [5.41, 5.74) is 6.28. The van der Waals surface area contributed by atoms with Crippen LogP contribution in [0.15, 0.2) is 47.6 Å². The van der Waals surface area contributed by atoms with Crippen molar-refractivity contribution in [3.8, 4) is 5.75 Å². The van der Waals surface area contributed by atoms with Gasteiger partial charge < -0.3 is 20.9 Å². The molecule has 34 heavy (non-hydrogen) atoms. The summed E-state index contributed by atoms with van der Waals surface area (Å²) >= 11 is 0. The van der Waals surface area contributed by atoms with Crippen molar-refractivity contribution >= 4 is 23.0 Å². The Hall–Kier alpha value is -3.19. The first kappa shape index (κ1) is 30.8. The summed E-state index contributed by atoms with van der Waals surface area (Å²) in [6.07, 6.45) is 2.70. The number of benzene rings is 2. The van der Waals surface area contributed by atoms with Crippen LogP contribution in [0.5, 0.6) is 5.75 Å². The third-order valence-corrected chi connectivity index (χ3v) is 4.77. The average Bonchev–Trinajstić information content (AvgIpc) is 2.85. The van der Waals surface area contributed by atoms with Crippen molar-refractivity contribution in [3.05, 3.63) is 59.2 Å². The molecule has 2 rings (SSSR count). The van der Waals surface area contributed by atoms with E-state index in [0.717, 1.165) is 12.0 Å². The second-order valence-electron chi connectivity index (χ2n) is 7.12. The molecule has 7 nitrogen and oxygen atoms in total. The van der Waals surface area contributed by atoms with Gasteiger partial charge in [-0.15, -0.1) is 0 Å². The highest BCUT2D eigenvalue weighted by atomic mass is 16.3. The first-order valence-electron chi connectivity index (χ1n) is 12.1. The molecule has 0 bridgehead atoms. The number of hydrogen-bond acceptors (Lipinski definition) is 6. The number of unbranched alkanes of at least 4 members (excludes halogenated alkanes) is 1. The Morgan fingerprint density at radius 3 is 2.21 bits per heavy atom. The number of rotatable bonds is 11. The highest BCUT2D eigenvalue weighted by Gasteiger charge is 2.14. The minimum Gasteiger partial charge on any atom is -0.505 e. The molecular weight excluding hydrogens is 428 g/mol. The van der Waals surface area contributed by atoms with Gasteiger partial charge in [-0.1, -0.05) is 64.1 Å². The maximum absolute atomic E-state index is 12.3. The number of aromatic hydroxyl groups is 1. The standard InChI is InChI=1S/C23H30N4O3.2C2H6/c1-16-8-3-4-9-18(16)12-13-19-10-7-11-20(22(19)29)26-27-21(17(2)24)23(30)25-14-5-6-15-28;2*1-2/h3-4,7-11,24,26,28-29H,5-6,12-15H2,1-2H3,(H,25,30);2*1-2H3/b24-17?,27-21-;;. The smallest absolute Gasteiger partial charge is 0.273 e. The van der Waals surface area contributed by atoms with Crippen LogP contribution in [0.2, 0.25) is 0 Å². The molecule has 2 aromatic rings. The molecule has 0 unspecified atom stereocenters. The Bertz CT molecular complexity index is 910. The second kappa shape index (κ2) is 18.3. The zero-order valence-corrected chi connectivity index (χ0v) is 21.5. The summed E-state index contributed by atoms with van der Waals surface area (Å²) in [4.78, 5) is 12.3. The van der Waals surface area contributed by atoms with E-state index in [1.165, 1.54) is 18.1 Å². The van der Waals surface area contributed by atoms with Gasteiger partial charge in [-0.05, 0) is 62.3 Å². The molecule has 188 valence electrons. The van der Waals surface area contributed by atoms with Crippen molar-refractivity contribution in [1.29, 1.82) is 5.41 Å². The molecule has 0 aromatic heterocycles. The zero-order chi connectivity index (χ0) is 25.9. The predicted octanol–water partition coefficient (Wildman–Crippen LogP) is 5.23. The van der Waals surface area contributed by atoms with Crippen molar-refractivity contribution in [3.63, 3.8) is 0 Å². The zero-order valence-electron chi connectivity index (χ0n) is 21.5. The van der Waals surface area contributed by atoms with Crippen LogP contribution in [0.25, 0.3) is 0 Å². The van der Waals surface area contributed by atoms with E-state index in [2.05, 4.69) is 34.9 Å². The maximum Gasteiger partial charge on any atom is 0.273 e. The number of hydrogen-bond donors (Lipinski definition) is 5. The van der Waals surface area contributed by atoms with Crippen LogP contribution in [-0.4, -0.2) is 40.7 Å². The van der Waals surface area contributed by atoms with E-state index in [0.29, 0.717) is 31.5 Å². The summed E-state index contributed by atoms with van der Waals surface area (Å²) in [5, 5.41) is 34.0. The quantitative estimate of drug-likeness (QED) is 0.134. The van der Waals surface area contributed by atoms with E-state index >= 15 is 0 Å². The van der Waals surface area contributed by atoms with Crippen LogP contribution in [0.1, 0.15) is 64.2 Å². The Labute approximate surface area is 204 Å². The Balaban J connectivity index is 0.00000258. The molecule has 0 heterocycles. The lowest BCUT2D eigenvalue weighted by atomic mass is 10.00. The van der Waals surface area contributed by atoms with Gasteiger partial charge in [0.25, 0.3) is 5.91 Å². The topological polar surface area (TPSA) is 118 Å². The van der Waals surface area contributed by atoms with Gasteiger partial charge in [0.2, 0.25) is 0 Å². The fourth-order valence-electron chi connectivity index (χ4n) is 2.99.